The Morgan fingerprint density at radius 3 is 2.89 bits per heavy atom. The molecule has 1 amide bonds. The fraction of sp³-hybridized carbons (Fsp3) is 0.364. The Kier molecular flexibility index (Phi) is 5.10. The number of para-hydroxylation sites is 1. The van der Waals surface area contributed by atoms with Crippen LogP contribution in [0.15, 0.2) is 47.6 Å². The van der Waals surface area contributed by atoms with E-state index in [0.29, 0.717) is 19.4 Å². The molecule has 0 saturated carbocycles. The molecular formula is C22H24N2O3. The zero-order valence-electron chi connectivity index (χ0n) is 15.4. The van der Waals surface area contributed by atoms with Gasteiger partial charge in [-0.3, -0.25) is 4.79 Å². The van der Waals surface area contributed by atoms with E-state index in [2.05, 4.69) is 11.2 Å². The first kappa shape index (κ1) is 17.6. The van der Waals surface area contributed by atoms with E-state index in [1.807, 2.05) is 41.3 Å². The largest absolute Gasteiger partial charge is 0.493 e. The summed E-state index contributed by atoms with van der Waals surface area (Å²) < 4.78 is 5.94. The van der Waals surface area contributed by atoms with Crippen LogP contribution >= 0.6 is 0 Å². The van der Waals surface area contributed by atoms with Gasteiger partial charge in [0.1, 0.15) is 5.75 Å². The Hall–Kier alpha value is -2.82. The van der Waals surface area contributed by atoms with E-state index < -0.39 is 0 Å². The van der Waals surface area contributed by atoms with Crippen molar-refractivity contribution < 1.29 is 14.7 Å². The Morgan fingerprint density at radius 1 is 1.11 bits per heavy atom. The van der Waals surface area contributed by atoms with Crippen molar-refractivity contribution in [3.05, 3.63) is 59.2 Å². The van der Waals surface area contributed by atoms with Crippen LogP contribution in [0.1, 0.15) is 42.4 Å². The van der Waals surface area contributed by atoms with Crippen LogP contribution < -0.4 is 9.64 Å². The summed E-state index contributed by atoms with van der Waals surface area (Å²) in [5, 5.41) is 12.4. The van der Waals surface area contributed by atoms with Crippen LogP contribution in [-0.2, 0) is 17.6 Å². The molecule has 1 N–H and O–H groups in total. The van der Waals surface area contributed by atoms with Crippen molar-refractivity contribution in [2.24, 2.45) is 5.16 Å². The molecule has 5 heteroatoms. The monoisotopic (exact) mass is 364 g/mol. The number of aryl methyl sites for hydroxylation is 1. The van der Waals surface area contributed by atoms with Gasteiger partial charge >= 0.3 is 0 Å². The summed E-state index contributed by atoms with van der Waals surface area (Å²) in [6.45, 7) is 1.30. The second-order valence-electron chi connectivity index (χ2n) is 7.06. The number of nitrogens with zero attached hydrogens (tertiary/aromatic N) is 2. The van der Waals surface area contributed by atoms with Crippen LogP contribution in [0.3, 0.4) is 0 Å². The third-order valence-corrected chi connectivity index (χ3v) is 5.38. The number of rotatable bonds is 5. The SMILES string of the molecule is O=C(CCCOc1cccc2c1CCC2=NO)N1CCCc2ccccc21. The van der Waals surface area contributed by atoms with Gasteiger partial charge in [0.15, 0.2) is 0 Å². The van der Waals surface area contributed by atoms with Crippen molar-refractivity contribution in [1.29, 1.82) is 0 Å². The smallest absolute Gasteiger partial charge is 0.227 e. The molecule has 0 aromatic heterocycles. The van der Waals surface area contributed by atoms with Crippen molar-refractivity contribution in [2.75, 3.05) is 18.1 Å². The predicted molar refractivity (Wildman–Crippen MR) is 105 cm³/mol. The third-order valence-electron chi connectivity index (χ3n) is 5.38. The van der Waals surface area contributed by atoms with Crippen molar-refractivity contribution in [2.45, 2.75) is 38.5 Å². The van der Waals surface area contributed by atoms with Gasteiger partial charge in [0.05, 0.1) is 12.3 Å². The standard InChI is InChI=1S/C22H24N2O3/c25-22(24-14-4-7-16-6-1-2-9-20(16)24)11-5-15-27-21-10-3-8-17-18(21)12-13-19(17)23-26/h1-3,6,8-10,26H,4-5,7,11-15H2. The molecule has 1 aliphatic heterocycles. The van der Waals surface area contributed by atoms with E-state index in [0.717, 1.165) is 60.5 Å². The van der Waals surface area contributed by atoms with E-state index in [1.54, 1.807) is 0 Å². The van der Waals surface area contributed by atoms with E-state index in [-0.39, 0.29) is 5.91 Å². The second-order valence-corrected chi connectivity index (χ2v) is 7.06. The Bertz CT molecular complexity index is 876. The van der Waals surface area contributed by atoms with Crippen molar-refractivity contribution in [1.82, 2.24) is 0 Å². The van der Waals surface area contributed by atoms with E-state index in [9.17, 15) is 4.79 Å². The first-order valence-electron chi connectivity index (χ1n) is 9.62. The van der Waals surface area contributed by atoms with Crippen LogP contribution in [0.5, 0.6) is 5.75 Å². The maximum Gasteiger partial charge on any atom is 0.227 e. The second kappa shape index (κ2) is 7.82. The highest BCUT2D eigenvalue weighted by Crippen LogP contribution is 2.31. The maximum atomic E-state index is 12.7. The summed E-state index contributed by atoms with van der Waals surface area (Å²) in [4.78, 5) is 14.6. The Morgan fingerprint density at radius 2 is 2.00 bits per heavy atom. The molecule has 0 fully saturated rings. The average molecular weight is 364 g/mol. The fourth-order valence-corrected chi connectivity index (χ4v) is 4.04. The summed E-state index contributed by atoms with van der Waals surface area (Å²) in [6.07, 6.45) is 4.79. The molecule has 0 unspecified atom stereocenters. The highest BCUT2D eigenvalue weighted by Gasteiger charge is 2.23. The molecule has 0 spiro atoms. The average Bonchev–Trinajstić information content (AvgIpc) is 3.14. The van der Waals surface area contributed by atoms with Gasteiger partial charge < -0.3 is 14.8 Å². The van der Waals surface area contributed by atoms with E-state index in [1.165, 1.54) is 5.56 Å². The summed E-state index contributed by atoms with van der Waals surface area (Å²) >= 11 is 0. The van der Waals surface area contributed by atoms with Gasteiger partial charge in [-0.1, -0.05) is 35.5 Å². The first-order chi connectivity index (χ1) is 13.3. The lowest BCUT2D eigenvalue weighted by molar-refractivity contribution is -0.118. The van der Waals surface area contributed by atoms with Gasteiger partial charge in [-0.25, -0.2) is 0 Å². The number of fused-ring (bicyclic) bond motifs is 2. The maximum absolute atomic E-state index is 12.7. The van der Waals surface area contributed by atoms with Gasteiger partial charge in [-0.05, 0) is 49.8 Å². The highest BCUT2D eigenvalue weighted by atomic mass is 16.5. The van der Waals surface area contributed by atoms with Crippen molar-refractivity contribution in [3.63, 3.8) is 0 Å². The molecule has 2 aliphatic rings. The number of hydrogen-bond acceptors (Lipinski definition) is 4. The molecule has 2 aromatic carbocycles. The van der Waals surface area contributed by atoms with Gasteiger partial charge in [0.2, 0.25) is 5.91 Å². The molecule has 1 heterocycles. The number of carbonyl (C=O) groups is 1. The number of hydrogen-bond donors (Lipinski definition) is 1. The van der Waals surface area contributed by atoms with Crippen LogP contribution in [0.2, 0.25) is 0 Å². The minimum atomic E-state index is 0.166. The van der Waals surface area contributed by atoms with Gasteiger partial charge in [0, 0.05) is 29.8 Å². The molecule has 27 heavy (non-hydrogen) atoms. The molecular weight excluding hydrogens is 340 g/mol. The number of benzene rings is 2. The normalized spacial score (nSPS) is 16.9. The summed E-state index contributed by atoms with van der Waals surface area (Å²) in [5.41, 5.74) is 5.10. The number of ether oxygens (including phenoxy) is 1. The number of oxime groups is 1. The Labute approximate surface area is 159 Å². The van der Waals surface area contributed by atoms with Crippen molar-refractivity contribution >= 4 is 17.3 Å². The minimum absolute atomic E-state index is 0.166. The molecule has 5 nitrogen and oxygen atoms in total. The molecule has 4 rings (SSSR count). The number of anilines is 1. The molecule has 2 aromatic rings. The van der Waals surface area contributed by atoms with Gasteiger partial charge in [-0.15, -0.1) is 0 Å². The molecule has 140 valence electrons. The van der Waals surface area contributed by atoms with Crippen LogP contribution in [0.4, 0.5) is 5.69 Å². The van der Waals surface area contributed by atoms with E-state index >= 15 is 0 Å². The minimum Gasteiger partial charge on any atom is -0.493 e. The van der Waals surface area contributed by atoms with Crippen LogP contribution in [-0.4, -0.2) is 30.0 Å². The Balaban J connectivity index is 1.33. The highest BCUT2D eigenvalue weighted by molar-refractivity contribution is 6.04. The lowest BCUT2D eigenvalue weighted by Crippen LogP contribution is -2.35. The zero-order chi connectivity index (χ0) is 18.6. The number of carbonyl (C=O) groups excluding carboxylic acids is 1. The van der Waals surface area contributed by atoms with Crippen LogP contribution in [0, 0.1) is 0 Å². The van der Waals surface area contributed by atoms with E-state index in [4.69, 9.17) is 9.94 Å². The lowest BCUT2D eigenvalue weighted by Gasteiger charge is -2.29. The topological polar surface area (TPSA) is 62.1 Å². The lowest BCUT2D eigenvalue weighted by atomic mass is 10.0. The number of amides is 1. The molecule has 1 aliphatic carbocycles. The van der Waals surface area contributed by atoms with Crippen molar-refractivity contribution in [3.8, 4) is 5.75 Å². The third kappa shape index (κ3) is 3.54. The molecule has 0 saturated heterocycles. The fourth-order valence-electron chi connectivity index (χ4n) is 4.04. The predicted octanol–water partition coefficient (Wildman–Crippen LogP) is 3.95. The molecule has 0 radical (unpaired) electrons. The van der Waals surface area contributed by atoms with Gasteiger partial charge in [-0.2, -0.15) is 0 Å². The zero-order valence-corrected chi connectivity index (χ0v) is 15.4. The molecule has 0 bridgehead atoms. The summed E-state index contributed by atoms with van der Waals surface area (Å²) in [7, 11) is 0. The van der Waals surface area contributed by atoms with Crippen LogP contribution in [0.25, 0.3) is 0 Å². The quantitative estimate of drug-likeness (QED) is 0.496. The summed E-state index contributed by atoms with van der Waals surface area (Å²) in [5.74, 6) is 1.00. The first-order valence-corrected chi connectivity index (χ1v) is 9.62. The molecule has 0 atom stereocenters. The summed E-state index contributed by atoms with van der Waals surface area (Å²) in [6, 6.07) is 14.0. The van der Waals surface area contributed by atoms with Gasteiger partial charge in [0.25, 0.3) is 0 Å².